The molecule has 1 saturated heterocycles. The Morgan fingerprint density at radius 2 is 2.05 bits per heavy atom. The molecule has 0 aromatic carbocycles. The molecule has 0 saturated carbocycles. The quantitative estimate of drug-likeness (QED) is 0.631. The van der Waals surface area contributed by atoms with E-state index in [4.69, 9.17) is 9.47 Å². The van der Waals surface area contributed by atoms with Crippen LogP contribution in [0.4, 0.5) is 4.79 Å². The van der Waals surface area contributed by atoms with E-state index in [1.54, 1.807) is 12.3 Å². The molecule has 0 bridgehead atoms. The molecule has 1 aliphatic rings. The monoisotopic (exact) mass is 327 g/mol. The Labute approximate surface area is 134 Å². The van der Waals surface area contributed by atoms with Gasteiger partial charge in [0, 0.05) is 5.38 Å². The summed E-state index contributed by atoms with van der Waals surface area (Å²) < 4.78 is 10.6. The summed E-state index contributed by atoms with van der Waals surface area (Å²) in [6.07, 6.45) is -0.217. The molecular weight excluding hydrogens is 304 g/mol. The van der Waals surface area contributed by atoms with Crippen molar-refractivity contribution >= 4 is 23.4 Å². The first-order chi connectivity index (χ1) is 10.1. The van der Waals surface area contributed by atoms with E-state index in [1.165, 1.54) is 11.3 Å². The van der Waals surface area contributed by atoms with E-state index in [-0.39, 0.29) is 16.5 Å². The average Bonchev–Trinajstić information content (AvgIpc) is 2.82. The van der Waals surface area contributed by atoms with Crippen molar-refractivity contribution in [3.63, 3.8) is 0 Å². The molecule has 0 atom stereocenters. The van der Waals surface area contributed by atoms with Gasteiger partial charge in [-0.05, 0) is 27.7 Å². The molecule has 1 aromatic rings. The number of esters is 1. The Bertz CT molecular complexity index is 570. The Hall–Kier alpha value is -1.47. The first-order valence-corrected chi connectivity index (χ1v) is 8.23. The van der Waals surface area contributed by atoms with Gasteiger partial charge in [0.25, 0.3) is 0 Å². The lowest BCUT2D eigenvalue weighted by Gasteiger charge is -2.43. The number of nitrogens with zero attached hydrogens (tertiary/aromatic N) is 2. The molecule has 0 aliphatic carbocycles. The number of carbonyl (C=O) groups excluding carboxylic acids is 2. The number of likely N-dealkylation sites (N-methyl/N-ethyl adjacent to an activating group) is 1. The van der Waals surface area contributed by atoms with Gasteiger partial charge >= 0.3 is 12.1 Å². The predicted molar refractivity (Wildman–Crippen MR) is 83.0 cm³/mol. The molecule has 2 heterocycles. The number of amides is 1. The molecule has 1 aromatic heterocycles. The van der Waals surface area contributed by atoms with Gasteiger partial charge in [0.15, 0.2) is 5.69 Å². The first kappa shape index (κ1) is 16.9. The molecule has 0 unspecified atom stereocenters. The van der Waals surface area contributed by atoms with Crippen LogP contribution in [-0.2, 0) is 9.47 Å². The summed E-state index contributed by atoms with van der Waals surface area (Å²) in [5.74, 6) is -0.209. The summed E-state index contributed by atoms with van der Waals surface area (Å²) in [6.45, 7) is 8.97. The summed E-state index contributed by atoms with van der Waals surface area (Å²) in [4.78, 5) is 28.2. The van der Waals surface area contributed by atoms with Gasteiger partial charge in [0.05, 0.1) is 13.7 Å². The second-order valence-corrected chi connectivity index (χ2v) is 7.62. The van der Waals surface area contributed by atoms with Gasteiger partial charge in [-0.1, -0.05) is 0 Å². The van der Waals surface area contributed by atoms with E-state index in [0.717, 1.165) is 5.01 Å². The second kappa shape index (κ2) is 5.96. The van der Waals surface area contributed by atoms with Crippen LogP contribution in [0.25, 0.3) is 0 Å². The molecule has 2 rings (SSSR count). The second-order valence-electron chi connectivity index (χ2n) is 6.73. The van der Waals surface area contributed by atoms with Crippen molar-refractivity contribution in [1.29, 1.82) is 0 Å². The minimum atomic E-state index is -0.484. The van der Waals surface area contributed by atoms with Crippen molar-refractivity contribution in [3.05, 3.63) is 16.1 Å². The molecule has 0 N–H and O–H groups in total. The number of likely N-dealkylation sites (tertiary alicyclic amines) is 1. The van der Waals surface area contributed by atoms with Gasteiger partial charge in [-0.3, -0.25) is 0 Å². The number of rotatable bonds is 3. The maximum absolute atomic E-state index is 12.2. The van der Waals surface area contributed by atoms with Crippen LogP contribution in [0.3, 0.4) is 0 Å². The minimum absolute atomic E-state index is 0.186. The van der Waals surface area contributed by atoms with Gasteiger partial charge in [-0.2, -0.15) is 4.79 Å². The fourth-order valence-corrected chi connectivity index (χ4v) is 3.24. The normalized spacial score (nSPS) is 24.5. The molecule has 1 aliphatic heterocycles. The lowest BCUT2D eigenvalue weighted by molar-refractivity contribution is -0.882. The van der Waals surface area contributed by atoms with Crippen molar-refractivity contribution in [2.45, 2.75) is 39.2 Å². The summed E-state index contributed by atoms with van der Waals surface area (Å²) in [5, 5.41) is 2.59. The Kier molecular flexibility index (Phi) is 4.58. The van der Waals surface area contributed by atoms with Gasteiger partial charge in [-0.15, -0.1) is 11.3 Å². The maximum Gasteiger partial charge on any atom is 0.516 e. The van der Waals surface area contributed by atoms with Crippen LogP contribution in [0, 0.1) is 0 Å². The third kappa shape index (κ3) is 3.64. The summed E-state index contributed by atoms with van der Waals surface area (Å²) in [6, 6.07) is 0. The van der Waals surface area contributed by atoms with Crippen molar-refractivity contribution < 1.29 is 23.5 Å². The maximum atomic E-state index is 12.2. The van der Waals surface area contributed by atoms with Crippen LogP contribution < -0.4 is 0 Å². The molecule has 1 fully saturated rings. The smallest absolute Gasteiger partial charge is 0.461 e. The van der Waals surface area contributed by atoms with Crippen LogP contribution in [0.1, 0.15) is 49.1 Å². The molecular formula is C15H23N2O4S+. The molecule has 6 nitrogen and oxygen atoms in total. The van der Waals surface area contributed by atoms with Crippen LogP contribution in [-0.4, -0.2) is 53.9 Å². The highest BCUT2D eigenvalue weighted by Gasteiger charge is 2.51. The van der Waals surface area contributed by atoms with Crippen LogP contribution >= 0.6 is 11.3 Å². The third-order valence-corrected chi connectivity index (χ3v) is 4.44. The number of ether oxygens (including phenoxy) is 2. The van der Waals surface area contributed by atoms with Crippen molar-refractivity contribution in [2.75, 3.05) is 26.7 Å². The van der Waals surface area contributed by atoms with E-state index < -0.39 is 11.6 Å². The summed E-state index contributed by atoms with van der Waals surface area (Å²) in [7, 11) is 1.87. The number of thiazole rings is 1. The first-order valence-electron chi connectivity index (χ1n) is 7.35. The molecule has 22 heavy (non-hydrogen) atoms. The SMILES string of the molecule is CCOC(=O)c1csc(C2C[N+](C)(C(=O)OC(C)(C)C)C2)n1. The fraction of sp³-hybridized carbons (Fsp3) is 0.667. The Balaban J connectivity index is 1.96. The van der Waals surface area contributed by atoms with Crippen LogP contribution in [0.2, 0.25) is 0 Å². The van der Waals surface area contributed by atoms with Crippen molar-refractivity contribution in [1.82, 2.24) is 4.98 Å². The Morgan fingerprint density at radius 3 is 2.59 bits per heavy atom. The summed E-state index contributed by atoms with van der Waals surface area (Å²) in [5.41, 5.74) is -0.137. The number of carbonyl (C=O) groups is 2. The average molecular weight is 327 g/mol. The van der Waals surface area contributed by atoms with Gasteiger partial charge in [-0.25, -0.2) is 14.3 Å². The highest BCUT2D eigenvalue weighted by molar-refractivity contribution is 7.09. The fourth-order valence-electron chi connectivity index (χ4n) is 2.37. The minimum Gasteiger partial charge on any atom is -0.461 e. The lowest BCUT2D eigenvalue weighted by Crippen LogP contribution is -2.63. The van der Waals surface area contributed by atoms with Crippen molar-refractivity contribution in [2.24, 2.45) is 0 Å². The lowest BCUT2D eigenvalue weighted by atomic mass is 9.98. The number of aromatic nitrogens is 1. The number of hydrogen-bond donors (Lipinski definition) is 0. The van der Waals surface area contributed by atoms with Crippen molar-refractivity contribution in [3.8, 4) is 0 Å². The third-order valence-electron chi connectivity index (χ3n) is 3.44. The van der Waals surface area contributed by atoms with Gasteiger partial charge in [0.1, 0.15) is 29.6 Å². The van der Waals surface area contributed by atoms with E-state index in [2.05, 4.69) is 4.98 Å². The standard InChI is InChI=1S/C15H23N2O4S/c1-6-20-13(18)11-9-22-12(16-11)10-7-17(5,8-10)14(19)21-15(2,3)4/h9-10H,6-8H2,1-5H3/q+1. The molecule has 0 radical (unpaired) electrons. The topological polar surface area (TPSA) is 65.5 Å². The molecule has 122 valence electrons. The van der Waals surface area contributed by atoms with E-state index >= 15 is 0 Å². The zero-order valence-corrected chi connectivity index (χ0v) is 14.5. The van der Waals surface area contributed by atoms with Crippen LogP contribution in [0.15, 0.2) is 5.38 Å². The highest BCUT2D eigenvalue weighted by Crippen LogP contribution is 2.35. The largest absolute Gasteiger partial charge is 0.516 e. The van der Waals surface area contributed by atoms with E-state index in [1.807, 2.05) is 27.8 Å². The number of quaternary nitrogens is 1. The zero-order valence-electron chi connectivity index (χ0n) is 13.7. The zero-order chi connectivity index (χ0) is 16.5. The molecule has 7 heteroatoms. The highest BCUT2D eigenvalue weighted by atomic mass is 32.1. The summed E-state index contributed by atoms with van der Waals surface area (Å²) >= 11 is 1.44. The molecule has 0 spiro atoms. The number of hydrogen-bond acceptors (Lipinski definition) is 6. The molecule has 1 amide bonds. The van der Waals surface area contributed by atoms with Gasteiger partial charge < -0.3 is 9.47 Å². The van der Waals surface area contributed by atoms with Crippen LogP contribution in [0.5, 0.6) is 0 Å². The predicted octanol–water partition coefficient (Wildman–Crippen LogP) is 2.80. The van der Waals surface area contributed by atoms with E-state index in [0.29, 0.717) is 25.4 Å². The Morgan fingerprint density at radius 1 is 1.41 bits per heavy atom. The van der Waals surface area contributed by atoms with Gasteiger partial charge in [0.2, 0.25) is 0 Å². The van der Waals surface area contributed by atoms with E-state index in [9.17, 15) is 9.59 Å².